The standard InChI is InChI=1S/C22H20N2O4S2/c1-13-8-9-15(22(27)28)11-18(13)24-20(25)14(2)30-17-6-3-5-16(12-17)23-21(26)19-7-4-10-29-19/h3-12,14H,1-2H3,(H,23,26)(H,24,25)(H,27,28). The molecule has 0 saturated heterocycles. The molecule has 0 aliphatic rings. The second-order valence-corrected chi connectivity index (χ2v) is 8.91. The number of carbonyl (C=O) groups is 3. The van der Waals surface area contributed by atoms with E-state index in [9.17, 15) is 14.4 Å². The molecule has 3 rings (SSSR count). The summed E-state index contributed by atoms with van der Waals surface area (Å²) in [6, 6.07) is 15.5. The van der Waals surface area contributed by atoms with Crippen molar-refractivity contribution < 1.29 is 19.5 Å². The number of carboxylic acids is 1. The molecule has 1 atom stereocenters. The highest BCUT2D eigenvalue weighted by Crippen LogP contribution is 2.27. The van der Waals surface area contributed by atoms with Crippen LogP contribution in [0, 0.1) is 6.92 Å². The van der Waals surface area contributed by atoms with Crippen molar-refractivity contribution in [2.45, 2.75) is 24.0 Å². The number of carboxylic acid groups (broad SMARTS) is 1. The van der Waals surface area contributed by atoms with Crippen LogP contribution in [0.3, 0.4) is 0 Å². The zero-order valence-electron chi connectivity index (χ0n) is 16.3. The van der Waals surface area contributed by atoms with Crippen LogP contribution in [0.15, 0.2) is 64.9 Å². The number of thioether (sulfide) groups is 1. The second-order valence-electron chi connectivity index (χ2n) is 6.54. The maximum absolute atomic E-state index is 12.6. The predicted molar refractivity (Wildman–Crippen MR) is 121 cm³/mol. The highest BCUT2D eigenvalue weighted by atomic mass is 32.2. The molecule has 3 aromatic rings. The summed E-state index contributed by atoms with van der Waals surface area (Å²) in [5.74, 6) is -1.46. The van der Waals surface area contributed by atoms with Crippen molar-refractivity contribution >= 4 is 52.3 Å². The maximum atomic E-state index is 12.6. The van der Waals surface area contributed by atoms with E-state index in [4.69, 9.17) is 5.11 Å². The van der Waals surface area contributed by atoms with E-state index in [0.29, 0.717) is 16.3 Å². The van der Waals surface area contributed by atoms with Crippen molar-refractivity contribution in [3.05, 3.63) is 76.0 Å². The summed E-state index contributed by atoms with van der Waals surface area (Å²) in [6.45, 7) is 3.58. The summed E-state index contributed by atoms with van der Waals surface area (Å²) in [5.41, 5.74) is 2.02. The van der Waals surface area contributed by atoms with Gasteiger partial charge in [0.1, 0.15) is 0 Å². The van der Waals surface area contributed by atoms with Gasteiger partial charge in [0, 0.05) is 16.3 Å². The van der Waals surface area contributed by atoms with Gasteiger partial charge in [-0.1, -0.05) is 18.2 Å². The Kier molecular flexibility index (Phi) is 6.91. The van der Waals surface area contributed by atoms with Crippen LogP contribution in [0.5, 0.6) is 0 Å². The Bertz CT molecular complexity index is 1080. The number of nitrogens with one attached hydrogen (secondary N) is 2. The molecule has 0 fully saturated rings. The van der Waals surface area contributed by atoms with Crippen molar-refractivity contribution in [3.8, 4) is 0 Å². The molecule has 8 heteroatoms. The number of aryl methyl sites for hydroxylation is 1. The molecule has 0 bridgehead atoms. The Morgan fingerprint density at radius 3 is 2.53 bits per heavy atom. The zero-order valence-corrected chi connectivity index (χ0v) is 18.0. The van der Waals surface area contributed by atoms with Crippen LogP contribution in [-0.4, -0.2) is 28.1 Å². The molecule has 0 aliphatic carbocycles. The van der Waals surface area contributed by atoms with Gasteiger partial charge in [0.25, 0.3) is 5.91 Å². The Hall–Kier alpha value is -3.10. The van der Waals surface area contributed by atoms with Gasteiger partial charge in [-0.25, -0.2) is 4.79 Å². The predicted octanol–water partition coefficient (Wildman–Crippen LogP) is 5.13. The SMILES string of the molecule is Cc1ccc(C(=O)O)cc1NC(=O)C(C)Sc1cccc(NC(=O)c2cccs2)c1. The van der Waals surface area contributed by atoms with Gasteiger partial charge in [0.05, 0.1) is 15.7 Å². The maximum Gasteiger partial charge on any atom is 0.335 e. The number of benzene rings is 2. The number of anilines is 2. The molecule has 0 saturated carbocycles. The summed E-state index contributed by atoms with van der Waals surface area (Å²) in [6.07, 6.45) is 0. The minimum absolute atomic E-state index is 0.116. The third-order valence-corrected chi connectivity index (χ3v) is 6.22. The van der Waals surface area contributed by atoms with Gasteiger partial charge in [0.2, 0.25) is 5.91 Å². The monoisotopic (exact) mass is 440 g/mol. The van der Waals surface area contributed by atoms with E-state index in [1.54, 1.807) is 32.0 Å². The smallest absolute Gasteiger partial charge is 0.335 e. The van der Waals surface area contributed by atoms with E-state index in [1.807, 2.05) is 29.6 Å². The minimum Gasteiger partial charge on any atom is -0.478 e. The lowest BCUT2D eigenvalue weighted by Gasteiger charge is -2.14. The van der Waals surface area contributed by atoms with Crippen LogP contribution in [0.4, 0.5) is 11.4 Å². The van der Waals surface area contributed by atoms with E-state index in [1.165, 1.54) is 35.2 Å². The van der Waals surface area contributed by atoms with Gasteiger partial charge in [-0.05, 0) is 61.2 Å². The second kappa shape index (κ2) is 9.60. The summed E-state index contributed by atoms with van der Waals surface area (Å²) in [4.78, 5) is 37.5. The van der Waals surface area contributed by atoms with Gasteiger partial charge in [-0.2, -0.15) is 0 Å². The topological polar surface area (TPSA) is 95.5 Å². The van der Waals surface area contributed by atoms with Gasteiger partial charge < -0.3 is 15.7 Å². The zero-order chi connectivity index (χ0) is 21.7. The van der Waals surface area contributed by atoms with Crippen molar-refractivity contribution in [1.29, 1.82) is 0 Å². The number of thiophene rings is 1. The lowest BCUT2D eigenvalue weighted by Crippen LogP contribution is -2.23. The first kappa shape index (κ1) is 21.6. The Morgan fingerprint density at radius 1 is 1.03 bits per heavy atom. The summed E-state index contributed by atoms with van der Waals surface area (Å²) in [5, 5.41) is 16.2. The fourth-order valence-electron chi connectivity index (χ4n) is 2.63. The number of carbonyl (C=O) groups excluding carboxylic acids is 2. The number of hydrogen-bond acceptors (Lipinski definition) is 5. The van der Waals surface area contributed by atoms with Crippen LogP contribution in [-0.2, 0) is 4.79 Å². The molecule has 3 N–H and O–H groups in total. The Labute approximate surface area is 182 Å². The van der Waals surface area contributed by atoms with E-state index in [0.717, 1.165) is 10.5 Å². The van der Waals surface area contributed by atoms with E-state index >= 15 is 0 Å². The normalized spacial score (nSPS) is 11.5. The van der Waals surface area contributed by atoms with Crippen molar-refractivity contribution in [1.82, 2.24) is 0 Å². The molecule has 154 valence electrons. The van der Waals surface area contributed by atoms with E-state index in [-0.39, 0.29) is 17.4 Å². The van der Waals surface area contributed by atoms with Crippen LogP contribution in [0.2, 0.25) is 0 Å². The van der Waals surface area contributed by atoms with Gasteiger partial charge in [0.15, 0.2) is 0 Å². The molecule has 2 amide bonds. The number of aromatic carboxylic acids is 1. The van der Waals surface area contributed by atoms with Crippen LogP contribution in [0.25, 0.3) is 0 Å². The summed E-state index contributed by atoms with van der Waals surface area (Å²) < 4.78 is 0. The molecule has 1 aromatic heterocycles. The lowest BCUT2D eigenvalue weighted by molar-refractivity contribution is -0.115. The molecular weight excluding hydrogens is 420 g/mol. The first-order chi connectivity index (χ1) is 14.3. The van der Waals surface area contributed by atoms with Crippen molar-refractivity contribution in [2.24, 2.45) is 0 Å². The highest BCUT2D eigenvalue weighted by Gasteiger charge is 2.17. The molecule has 0 spiro atoms. The molecule has 6 nitrogen and oxygen atoms in total. The molecule has 2 aromatic carbocycles. The van der Waals surface area contributed by atoms with Gasteiger partial charge >= 0.3 is 5.97 Å². The first-order valence-electron chi connectivity index (χ1n) is 9.10. The van der Waals surface area contributed by atoms with Crippen molar-refractivity contribution in [2.75, 3.05) is 10.6 Å². The van der Waals surface area contributed by atoms with Crippen molar-refractivity contribution in [3.63, 3.8) is 0 Å². The first-order valence-corrected chi connectivity index (χ1v) is 10.9. The molecule has 0 aliphatic heterocycles. The largest absolute Gasteiger partial charge is 0.478 e. The van der Waals surface area contributed by atoms with Gasteiger partial charge in [-0.15, -0.1) is 23.1 Å². The molecule has 1 unspecified atom stereocenters. The fraction of sp³-hybridized carbons (Fsp3) is 0.136. The number of hydrogen-bond donors (Lipinski definition) is 3. The van der Waals surface area contributed by atoms with Crippen LogP contribution in [0.1, 0.15) is 32.5 Å². The minimum atomic E-state index is -1.05. The fourth-order valence-corrected chi connectivity index (χ4v) is 4.17. The Balaban J connectivity index is 1.65. The van der Waals surface area contributed by atoms with E-state index < -0.39 is 11.2 Å². The van der Waals surface area contributed by atoms with Crippen LogP contribution < -0.4 is 10.6 Å². The highest BCUT2D eigenvalue weighted by molar-refractivity contribution is 8.00. The third kappa shape index (κ3) is 5.49. The molecular formula is C22H20N2O4S2. The molecule has 1 heterocycles. The van der Waals surface area contributed by atoms with Crippen LogP contribution >= 0.6 is 23.1 Å². The molecule has 0 radical (unpaired) electrons. The van der Waals surface area contributed by atoms with Gasteiger partial charge in [-0.3, -0.25) is 9.59 Å². The molecule has 30 heavy (non-hydrogen) atoms. The number of rotatable bonds is 7. The number of amides is 2. The summed E-state index contributed by atoms with van der Waals surface area (Å²) >= 11 is 2.72. The quantitative estimate of drug-likeness (QED) is 0.443. The lowest BCUT2D eigenvalue weighted by atomic mass is 10.1. The average molecular weight is 441 g/mol. The summed E-state index contributed by atoms with van der Waals surface area (Å²) in [7, 11) is 0. The van der Waals surface area contributed by atoms with E-state index in [2.05, 4.69) is 10.6 Å². The third-order valence-electron chi connectivity index (χ3n) is 4.26. The average Bonchev–Trinajstić information content (AvgIpc) is 3.24. The Morgan fingerprint density at radius 2 is 1.83 bits per heavy atom.